The lowest BCUT2D eigenvalue weighted by atomic mass is 10.1. The average molecular weight is 344 g/mol. The zero-order valence-electron chi connectivity index (χ0n) is 10.5. The van der Waals surface area contributed by atoms with E-state index in [2.05, 4.69) is 4.74 Å². The highest BCUT2D eigenvalue weighted by atomic mass is 35.5. The van der Waals surface area contributed by atoms with Crippen molar-refractivity contribution in [3.8, 4) is 0 Å². The summed E-state index contributed by atoms with van der Waals surface area (Å²) in [4.78, 5) is 22.5. The van der Waals surface area contributed by atoms with Crippen molar-refractivity contribution in [2.45, 2.75) is 12.6 Å². The minimum Gasteiger partial charge on any atom is -0.455 e. The van der Waals surface area contributed by atoms with Gasteiger partial charge in [0.15, 0.2) is 6.61 Å². The van der Waals surface area contributed by atoms with Crippen molar-refractivity contribution in [2.75, 3.05) is 13.2 Å². The van der Waals surface area contributed by atoms with Crippen LogP contribution in [-0.2, 0) is 20.7 Å². The molecule has 0 aromatic heterocycles. The third-order valence-corrected chi connectivity index (χ3v) is 2.79. The van der Waals surface area contributed by atoms with E-state index in [4.69, 9.17) is 23.2 Å². The van der Waals surface area contributed by atoms with Crippen molar-refractivity contribution in [2.24, 2.45) is 0 Å². The molecule has 0 fully saturated rings. The van der Waals surface area contributed by atoms with Gasteiger partial charge in [-0.1, -0.05) is 29.3 Å². The minimum absolute atomic E-state index is 0.220. The number of alkyl halides is 3. The van der Waals surface area contributed by atoms with E-state index in [-0.39, 0.29) is 11.4 Å². The number of hydrogen-bond acceptors (Lipinski definition) is 3. The van der Waals surface area contributed by atoms with Gasteiger partial charge in [0.1, 0.15) is 6.54 Å². The summed E-state index contributed by atoms with van der Waals surface area (Å²) < 4.78 is 40.0. The topological polar surface area (TPSA) is 55.4 Å². The van der Waals surface area contributed by atoms with E-state index in [1.165, 1.54) is 18.2 Å². The fourth-order valence-corrected chi connectivity index (χ4v) is 1.74. The number of hydrogen-bond donors (Lipinski definition) is 1. The van der Waals surface area contributed by atoms with Crippen molar-refractivity contribution in [1.82, 2.24) is 5.32 Å². The lowest BCUT2D eigenvalue weighted by Gasteiger charge is -2.09. The molecule has 0 saturated carbocycles. The van der Waals surface area contributed by atoms with Gasteiger partial charge in [0.05, 0.1) is 6.42 Å². The Morgan fingerprint density at radius 3 is 2.48 bits per heavy atom. The maximum absolute atomic E-state index is 11.8. The molecule has 0 aliphatic heterocycles. The number of rotatable bonds is 5. The second-order valence-corrected chi connectivity index (χ2v) is 4.81. The van der Waals surface area contributed by atoms with Gasteiger partial charge in [-0.3, -0.25) is 9.59 Å². The quantitative estimate of drug-likeness (QED) is 0.836. The van der Waals surface area contributed by atoms with Crippen LogP contribution in [0.1, 0.15) is 5.56 Å². The van der Waals surface area contributed by atoms with E-state index in [0.717, 1.165) is 0 Å². The minimum atomic E-state index is -4.52. The normalized spacial score (nSPS) is 11.1. The number of esters is 1. The van der Waals surface area contributed by atoms with Crippen LogP contribution in [0.5, 0.6) is 0 Å². The van der Waals surface area contributed by atoms with Gasteiger partial charge in [0, 0.05) is 10.0 Å². The number of halogens is 5. The Morgan fingerprint density at radius 1 is 1.24 bits per heavy atom. The molecule has 1 aromatic rings. The molecule has 0 radical (unpaired) electrons. The summed E-state index contributed by atoms with van der Waals surface area (Å²) in [6, 6.07) is 4.46. The highest BCUT2D eigenvalue weighted by Crippen LogP contribution is 2.21. The molecule has 0 aliphatic carbocycles. The molecule has 1 N–H and O–H groups in total. The second-order valence-electron chi connectivity index (χ2n) is 3.97. The number of nitrogens with one attached hydrogen (secondary N) is 1. The summed E-state index contributed by atoms with van der Waals surface area (Å²) in [5.74, 6) is -1.83. The van der Waals surface area contributed by atoms with E-state index >= 15 is 0 Å². The van der Waals surface area contributed by atoms with Crippen molar-refractivity contribution in [1.29, 1.82) is 0 Å². The van der Waals surface area contributed by atoms with Gasteiger partial charge in [-0.15, -0.1) is 0 Å². The van der Waals surface area contributed by atoms with Crippen molar-refractivity contribution >= 4 is 35.1 Å². The summed E-state index contributed by atoms with van der Waals surface area (Å²) in [7, 11) is 0. The third-order valence-electron chi connectivity index (χ3n) is 2.20. The van der Waals surface area contributed by atoms with Crippen LogP contribution in [0.15, 0.2) is 18.2 Å². The third kappa shape index (κ3) is 7.19. The van der Waals surface area contributed by atoms with Crippen LogP contribution in [0.3, 0.4) is 0 Å². The van der Waals surface area contributed by atoms with E-state index in [1.807, 2.05) is 0 Å². The number of carbonyl (C=O) groups excluding carboxylic acids is 2. The van der Waals surface area contributed by atoms with Crippen molar-refractivity contribution in [3.05, 3.63) is 33.8 Å². The first-order chi connectivity index (χ1) is 9.67. The summed E-state index contributed by atoms with van der Waals surface area (Å²) in [6.45, 7) is -2.27. The van der Waals surface area contributed by atoms with Crippen molar-refractivity contribution in [3.63, 3.8) is 0 Å². The molecule has 0 unspecified atom stereocenters. The van der Waals surface area contributed by atoms with Crippen LogP contribution in [0.2, 0.25) is 10.0 Å². The standard InChI is InChI=1S/C12H10Cl2F3NO3/c13-8-2-1-7(9(14)4-8)3-11(20)21-5-10(19)18-6-12(15,16)17/h1-2,4H,3,5-6H2,(H,18,19). The van der Waals surface area contributed by atoms with Crippen LogP contribution in [0.25, 0.3) is 0 Å². The summed E-state index contributed by atoms with van der Waals surface area (Å²) in [5, 5.41) is 2.22. The van der Waals surface area contributed by atoms with Crippen LogP contribution in [0.4, 0.5) is 13.2 Å². The zero-order chi connectivity index (χ0) is 16.0. The van der Waals surface area contributed by atoms with Gasteiger partial charge >= 0.3 is 12.1 Å². The molecule has 0 saturated heterocycles. The fourth-order valence-electron chi connectivity index (χ4n) is 1.27. The number of ether oxygens (including phenoxy) is 1. The molecule has 21 heavy (non-hydrogen) atoms. The predicted molar refractivity (Wildman–Crippen MR) is 70.2 cm³/mol. The fraction of sp³-hybridized carbons (Fsp3) is 0.333. The highest BCUT2D eigenvalue weighted by Gasteiger charge is 2.27. The van der Waals surface area contributed by atoms with Crippen LogP contribution >= 0.6 is 23.2 Å². The Bertz CT molecular complexity index is 535. The Balaban J connectivity index is 2.39. The van der Waals surface area contributed by atoms with Gasteiger partial charge < -0.3 is 10.1 Å². The van der Waals surface area contributed by atoms with E-state index in [1.54, 1.807) is 5.32 Å². The first-order valence-electron chi connectivity index (χ1n) is 5.60. The predicted octanol–water partition coefficient (Wildman–Crippen LogP) is 2.76. The summed E-state index contributed by atoms with van der Waals surface area (Å²) in [6.07, 6.45) is -4.74. The molecule has 1 rings (SSSR count). The molecule has 0 atom stereocenters. The lowest BCUT2D eigenvalue weighted by Crippen LogP contribution is -2.36. The smallest absolute Gasteiger partial charge is 0.405 e. The highest BCUT2D eigenvalue weighted by molar-refractivity contribution is 6.35. The molecule has 0 heterocycles. The molecule has 0 aliphatic rings. The molecule has 0 bridgehead atoms. The maximum atomic E-state index is 11.8. The van der Waals surface area contributed by atoms with Gasteiger partial charge in [0.2, 0.25) is 0 Å². The monoisotopic (exact) mass is 343 g/mol. The van der Waals surface area contributed by atoms with Gasteiger partial charge in [-0.2, -0.15) is 13.2 Å². The Labute approximate surface area is 128 Å². The molecule has 0 spiro atoms. The molecule has 4 nitrogen and oxygen atoms in total. The summed E-state index contributed by atoms with van der Waals surface area (Å²) in [5.41, 5.74) is 0.432. The molecular formula is C12H10Cl2F3NO3. The van der Waals surface area contributed by atoms with E-state index < -0.39 is 31.2 Å². The summed E-state index contributed by atoms with van der Waals surface area (Å²) >= 11 is 11.5. The number of amides is 1. The first-order valence-corrected chi connectivity index (χ1v) is 6.36. The largest absolute Gasteiger partial charge is 0.455 e. The number of carbonyl (C=O) groups is 2. The van der Waals surface area contributed by atoms with Gasteiger partial charge in [-0.05, 0) is 17.7 Å². The van der Waals surface area contributed by atoms with Crippen LogP contribution in [-0.4, -0.2) is 31.2 Å². The average Bonchev–Trinajstić information content (AvgIpc) is 2.36. The van der Waals surface area contributed by atoms with Crippen molar-refractivity contribution < 1.29 is 27.5 Å². The Kier molecular flexibility index (Phi) is 6.29. The van der Waals surface area contributed by atoms with Gasteiger partial charge in [0.25, 0.3) is 5.91 Å². The number of benzene rings is 1. The van der Waals surface area contributed by atoms with Crippen LogP contribution < -0.4 is 5.32 Å². The maximum Gasteiger partial charge on any atom is 0.405 e. The van der Waals surface area contributed by atoms with E-state index in [0.29, 0.717) is 10.6 Å². The van der Waals surface area contributed by atoms with Crippen LogP contribution in [0, 0.1) is 0 Å². The second kappa shape index (κ2) is 7.51. The van der Waals surface area contributed by atoms with E-state index in [9.17, 15) is 22.8 Å². The zero-order valence-corrected chi connectivity index (χ0v) is 12.0. The molecule has 1 amide bonds. The first kappa shape index (κ1) is 17.6. The Morgan fingerprint density at radius 2 is 1.90 bits per heavy atom. The molecule has 9 heteroatoms. The SMILES string of the molecule is O=C(COC(=O)Cc1ccc(Cl)cc1Cl)NCC(F)(F)F. The Hall–Kier alpha value is -1.47. The van der Waals surface area contributed by atoms with Gasteiger partial charge in [-0.25, -0.2) is 0 Å². The lowest BCUT2D eigenvalue weighted by molar-refractivity contribution is -0.150. The molecular weight excluding hydrogens is 334 g/mol. The molecule has 116 valence electrons. The molecule has 1 aromatic carbocycles.